The molecule has 4 aliphatic rings. The lowest BCUT2D eigenvalue weighted by Gasteiger charge is -2.55. The third kappa shape index (κ3) is 2.31. The van der Waals surface area contributed by atoms with Gasteiger partial charge < -0.3 is 0 Å². The summed E-state index contributed by atoms with van der Waals surface area (Å²) < 4.78 is 0. The van der Waals surface area contributed by atoms with Crippen molar-refractivity contribution < 1.29 is 9.59 Å². The minimum atomic E-state index is -0.251. The minimum absolute atomic E-state index is 0.0240. The van der Waals surface area contributed by atoms with Crippen molar-refractivity contribution in [1.82, 2.24) is 10.9 Å². The van der Waals surface area contributed by atoms with E-state index in [2.05, 4.69) is 10.9 Å². The highest BCUT2D eigenvalue weighted by Crippen LogP contribution is 2.59. The van der Waals surface area contributed by atoms with Gasteiger partial charge in [-0.15, -0.1) is 0 Å². The van der Waals surface area contributed by atoms with E-state index >= 15 is 0 Å². The Morgan fingerprint density at radius 3 is 1.95 bits per heavy atom. The van der Waals surface area contributed by atoms with E-state index in [0.29, 0.717) is 5.56 Å². The zero-order valence-corrected chi connectivity index (χ0v) is 12.7. The molecule has 0 unspecified atom stereocenters. The molecule has 0 radical (unpaired) electrons. The molecule has 4 fully saturated rings. The van der Waals surface area contributed by atoms with Gasteiger partial charge in [-0.05, 0) is 68.4 Å². The topological polar surface area (TPSA) is 58.2 Å². The summed E-state index contributed by atoms with van der Waals surface area (Å²) in [5.41, 5.74) is 5.62. The van der Waals surface area contributed by atoms with Gasteiger partial charge in [-0.1, -0.05) is 18.2 Å². The molecule has 0 heterocycles. The number of rotatable bonds is 2. The van der Waals surface area contributed by atoms with Gasteiger partial charge in [0.25, 0.3) is 5.91 Å². The van der Waals surface area contributed by atoms with Gasteiger partial charge in [0.15, 0.2) is 0 Å². The first kappa shape index (κ1) is 13.8. The molecule has 0 saturated heterocycles. The summed E-state index contributed by atoms with van der Waals surface area (Å²) >= 11 is 0. The average molecular weight is 298 g/mol. The highest BCUT2D eigenvalue weighted by molar-refractivity contribution is 5.95. The summed E-state index contributed by atoms with van der Waals surface area (Å²) in [7, 11) is 0. The van der Waals surface area contributed by atoms with Crippen molar-refractivity contribution in [2.75, 3.05) is 0 Å². The van der Waals surface area contributed by atoms with Crippen LogP contribution in [-0.4, -0.2) is 11.8 Å². The normalized spacial score (nSPS) is 35.2. The first-order chi connectivity index (χ1) is 10.6. The van der Waals surface area contributed by atoms with Crippen LogP contribution in [-0.2, 0) is 4.79 Å². The Bertz CT molecular complexity index is 561. The van der Waals surface area contributed by atoms with Gasteiger partial charge in [0.1, 0.15) is 0 Å². The zero-order chi connectivity index (χ0) is 15.2. The van der Waals surface area contributed by atoms with Gasteiger partial charge in [-0.2, -0.15) is 0 Å². The maximum absolute atomic E-state index is 12.7. The molecule has 4 bridgehead atoms. The maximum atomic E-state index is 12.7. The lowest BCUT2D eigenvalue weighted by molar-refractivity contribution is -0.147. The van der Waals surface area contributed by atoms with Crippen LogP contribution in [0.1, 0.15) is 48.9 Å². The number of benzene rings is 1. The quantitative estimate of drug-likeness (QED) is 0.825. The van der Waals surface area contributed by atoms with E-state index in [4.69, 9.17) is 0 Å². The summed E-state index contributed by atoms with van der Waals surface area (Å²) in [5.74, 6) is 1.94. The lowest BCUT2D eigenvalue weighted by Crippen LogP contribution is -2.56. The molecule has 116 valence electrons. The first-order valence-corrected chi connectivity index (χ1v) is 8.30. The van der Waals surface area contributed by atoms with Crippen LogP contribution in [0.3, 0.4) is 0 Å². The molecule has 4 nitrogen and oxygen atoms in total. The van der Waals surface area contributed by atoms with E-state index in [1.807, 2.05) is 18.2 Å². The number of hydrogen-bond donors (Lipinski definition) is 2. The first-order valence-electron chi connectivity index (χ1n) is 8.30. The molecule has 4 aliphatic carbocycles. The molecule has 1 aromatic carbocycles. The lowest BCUT2D eigenvalue weighted by atomic mass is 9.49. The van der Waals surface area contributed by atoms with Crippen LogP contribution in [0.4, 0.5) is 0 Å². The molecule has 5 rings (SSSR count). The third-order valence-corrected chi connectivity index (χ3v) is 5.85. The van der Waals surface area contributed by atoms with E-state index < -0.39 is 0 Å². The summed E-state index contributed by atoms with van der Waals surface area (Å²) in [5, 5.41) is 0. The van der Waals surface area contributed by atoms with Crippen LogP contribution < -0.4 is 10.9 Å². The molecule has 0 aliphatic heterocycles. The van der Waals surface area contributed by atoms with E-state index in [-0.39, 0.29) is 17.2 Å². The van der Waals surface area contributed by atoms with Gasteiger partial charge >= 0.3 is 0 Å². The molecule has 1 aromatic rings. The van der Waals surface area contributed by atoms with Crippen molar-refractivity contribution in [2.24, 2.45) is 23.2 Å². The Kier molecular flexibility index (Phi) is 3.21. The summed E-state index contributed by atoms with van der Waals surface area (Å²) in [4.78, 5) is 24.8. The number of hydrogen-bond acceptors (Lipinski definition) is 2. The average Bonchev–Trinajstić information content (AvgIpc) is 2.51. The van der Waals surface area contributed by atoms with Crippen LogP contribution in [0.25, 0.3) is 0 Å². The molecule has 0 aromatic heterocycles. The van der Waals surface area contributed by atoms with Crippen molar-refractivity contribution in [2.45, 2.75) is 38.5 Å². The molecule has 2 amide bonds. The molecule has 22 heavy (non-hydrogen) atoms. The number of amides is 2. The van der Waals surface area contributed by atoms with E-state index in [9.17, 15) is 9.59 Å². The van der Waals surface area contributed by atoms with Gasteiger partial charge in [0, 0.05) is 5.56 Å². The van der Waals surface area contributed by atoms with Crippen molar-refractivity contribution >= 4 is 11.8 Å². The van der Waals surface area contributed by atoms with Crippen LogP contribution in [0.15, 0.2) is 30.3 Å². The highest BCUT2D eigenvalue weighted by Gasteiger charge is 2.54. The number of carbonyl (C=O) groups excluding carboxylic acids is 2. The van der Waals surface area contributed by atoms with Crippen LogP contribution in [0.5, 0.6) is 0 Å². The molecular formula is C18H22N2O2. The molecular weight excluding hydrogens is 276 g/mol. The fraction of sp³-hybridized carbons (Fsp3) is 0.556. The Hall–Kier alpha value is -1.84. The second-order valence-corrected chi connectivity index (χ2v) is 7.47. The van der Waals surface area contributed by atoms with Crippen LogP contribution in [0, 0.1) is 23.2 Å². The molecule has 2 N–H and O–H groups in total. The van der Waals surface area contributed by atoms with Crippen LogP contribution >= 0.6 is 0 Å². The largest absolute Gasteiger partial charge is 0.273 e. The Balaban J connectivity index is 1.41. The Morgan fingerprint density at radius 1 is 0.864 bits per heavy atom. The number of nitrogens with one attached hydrogen (secondary N) is 2. The predicted octanol–water partition coefficient (Wildman–Crippen LogP) is 2.66. The van der Waals surface area contributed by atoms with Gasteiger partial charge in [0.2, 0.25) is 5.91 Å². The van der Waals surface area contributed by atoms with Crippen molar-refractivity contribution in [3.8, 4) is 0 Å². The predicted molar refractivity (Wildman–Crippen MR) is 82.7 cm³/mol. The number of carbonyl (C=O) groups is 2. The van der Waals surface area contributed by atoms with Gasteiger partial charge in [-0.25, -0.2) is 0 Å². The molecule has 0 atom stereocenters. The SMILES string of the molecule is O=C(NNC(=O)C12CC3CC(CC(C3)C1)C2)c1ccccc1. The third-order valence-electron chi connectivity index (χ3n) is 5.85. The van der Waals surface area contributed by atoms with Crippen molar-refractivity contribution in [3.05, 3.63) is 35.9 Å². The van der Waals surface area contributed by atoms with E-state index in [1.54, 1.807) is 12.1 Å². The molecule has 0 spiro atoms. The minimum Gasteiger partial charge on any atom is -0.273 e. The highest BCUT2D eigenvalue weighted by atomic mass is 16.2. The second kappa shape index (κ2) is 5.11. The fourth-order valence-electron chi connectivity index (χ4n) is 5.30. The van der Waals surface area contributed by atoms with E-state index in [0.717, 1.165) is 37.0 Å². The second-order valence-electron chi connectivity index (χ2n) is 7.47. The maximum Gasteiger partial charge on any atom is 0.269 e. The zero-order valence-electron chi connectivity index (χ0n) is 12.7. The Labute approximate surface area is 130 Å². The standard InChI is InChI=1S/C18H22N2O2/c21-16(15-4-2-1-3-5-15)19-20-17(22)18-9-12-6-13(10-18)8-14(7-12)11-18/h1-5,12-14H,6-11H2,(H,19,21)(H,20,22). The van der Waals surface area contributed by atoms with Gasteiger partial charge in [-0.3, -0.25) is 20.4 Å². The monoisotopic (exact) mass is 298 g/mol. The smallest absolute Gasteiger partial charge is 0.269 e. The summed E-state index contributed by atoms with van der Waals surface area (Å²) in [6, 6.07) is 8.98. The van der Waals surface area contributed by atoms with Crippen molar-refractivity contribution in [3.63, 3.8) is 0 Å². The number of hydrazine groups is 1. The fourth-order valence-corrected chi connectivity index (χ4v) is 5.30. The summed E-state index contributed by atoms with van der Waals surface area (Å²) in [6.45, 7) is 0. The van der Waals surface area contributed by atoms with Crippen LogP contribution in [0.2, 0.25) is 0 Å². The van der Waals surface area contributed by atoms with Gasteiger partial charge in [0.05, 0.1) is 5.41 Å². The summed E-state index contributed by atoms with van der Waals surface area (Å²) in [6.07, 6.45) is 6.94. The molecule has 4 saturated carbocycles. The van der Waals surface area contributed by atoms with Crippen molar-refractivity contribution in [1.29, 1.82) is 0 Å². The Morgan fingerprint density at radius 2 is 1.41 bits per heavy atom. The van der Waals surface area contributed by atoms with E-state index in [1.165, 1.54) is 19.3 Å². The molecule has 4 heteroatoms.